The monoisotopic (exact) mass is 321 g/mol. The van der Waals surface area contributed by atoms with Crippen molar-refractivity contribution < 1.29 is 19.5 Å². The normalized spacial score (nSPS) is 20.3. The number of nitrogens with zero attached hydrogens (tertiary/aromatic N) is 4. The van der Waals surface area contributed by atoms with Crippen LogP contribution in [0.15, 0.2) is 4.52 Å². The molecule has 1 amide bonds. The number of rotatable bonds is 5. The van der Waals surface area contributed by atoms with Gasteiger partial charge in [-0.25, -0.2) is 0 Å². The number of aliphatic hydroxyl groups is 2. The lowest BCUT2D eigenvalue weighted by Gasteiger charge is -2.34. The third-order valence-corrected chi connectivity index (χ3v) is 4.34. The highest BCUT2D eigenvalue weighted by atomic mass is 16.5. The molecule has 124 valence electrons. The van der Waals surface area contributed by atoms with Gasteiger partial charge in [0, 0.05) is 19.0 Å². The molecule has 2 heterocycles. The van der Waals surface area contributed by atoms with Gasteiger partial charge in [0.05, 0.1) is 12.2 Å². The summed E-state index contributed by atoms with van der Waals surface area (Å²) in [7, 11) is 1.82. The van der Waals surface area contributed by atoms with Gasteiger partial charge in [-0.3, -0.25) is 4.79 Å². The molecule has 0 atom stereocenters. The number of amides is 1. The van der Waals surface area contributed by atoms with Crippen molar-refractivity contribution >= 4 is 5.91 Å². The quantitative estimate of drug-likeness (QED) is 0.694. The minimum Gasteiger partial charge on any atom is -0.391 e. The van der Waals surface area contributed by atoms with E-state index in [0.717, 1.165) is 18.7 Å². The van der Waals surface area contributed by atoms with Crippen molar-refractivity contribution in [1.82, 2.24) is 25.2 Å². The fourth-order valence-corrected chi connectivity index (χ4v) is 2.82. The van der Waals surface area contributed by atoms with Gasteiger partial charge in [-0.15, -0.1) is 10.2 Å². The average molecular weight is 321 g/mol. The first-order valence-electron chi connectivity index (χ1n) is 7.41. The molecule has 0 saturated heterocycles. The number of aliphatic hydroxyl groups excluding tert-OH is 2. The maximum Gasteiger partial charge on any atom is 0.274 e. The second-order valence-corrected chi connectivity index (χ2v) is 5.75. The van der Waals surface area contributed by atoms with Crippen LogP contribution >= 0.6 is 0 Å². The minimum atomic E-state index is -0.344. The first-order valence-corrected chi connectivity index (χ1v) is 7.41. The topological polar surface area (TPSA) is 126 Å². The number of aryl methyl sites for hydroxylation is 1. The van der Waals surface area contributed by atoms with Gasteiger partial charge in [0.1, 0.15) is 18.2 Å². The molecule has 0 aliphatic heterocycles. The van der Waals surface area contributed by atoms with Crippen LogP contribution < -0.4 is 5.32 Å². The molecule has 0 unspecified atom stereocenters. The standard InChI is InChI=1S/C14H19N5O4/c1-7-10(5-20)12(18-23-7)14(22)15-9-3-8(4-9)13-17-16-11(6-21)19(13)2/h8-9,20-21H,3-6H2,1-2H3,(H,15,22). The molecular weight excluding hydrogens is 302 g/mol. The number of nitrogens with one attached hydrogen (secondary N) is 1. The van der Waals surface area contributed by atoms with E-state index in [1.165, 1.54) is 0 Å². The summed E-state index contributed by atoms with van der Waals surface area (Å²) < 4.78 is 6.73. The zero-order valence-electron chi connectivity index (χ0n) is 13.0. The van der Waals surface area contributed by atoms with Crippen molar-refractivity contribution in [2.45, 2.75) is 44.9 Å². The van der Waals surface area contributed by atoms with Crippen LogP contribution in [0.25, 0.3) is 0 Å². The van der Waals surface area contributed by atoms with Gasteiger partial charge in [0.2, 0.25) is 0 Å². The van der Waals surface area contributed by atoms with Crippen LogP contribution in [0.2, 0.25) is 0 Å². The van der Waals surface area contributed by atoms with E-state index >= 15 is 0 Å². The summed E-state index contributed by atoms with van der Waals surface area (Å²) in [6, 6.07) is 0.0188. The highest BCUT2D eigenvalue weighted by Gasteiger charge is 2.35. The number of carbonyl (C=O) groups excluding carboxylic acids is 1. The fourth-order valence-electron chi connectivity index (χ4n) is 2.82. The molecule has 23 heavy (non-hydrogen) atoms. The molecule has 9 nitrogen and oxygen atoms in total. The molecule has 2 aromatic heterocycles. The highest BCUT2D eigenvalue weighted by molar-refractivity contribution is 5.94. The van der Waals surface area contributed by atoms with Crippen molar-refractivity contribution in [1.29, 1.82) is 0 Å². The lowest BCUT2D eigenvalue weighted by atomic mass is 9.79. The van der Waals surface area contributed by atoms with E-state index in [1.807, 2.05) is 7.05 Å². The minimum absolute atomic E-state index is 0.0188. The van der Waals surface area contributed by atoms with Crippen molar-refractivity contribution in [2.24, 2.45) is 7.05 Å². The smallest absolute Gasteiger partial charge is 0.274 e. The number of carbonyl (C=O) groups is 1. The summed E-state index contributed by atoms with van der Waals surface area (Å²) in [5.74, 6) is 1.64. The number of hydrogen-bond acceptors (Lipinski definition) is 7. The summed E-state index contributed by atoms with van der Waals surface area (Å²) >= 11 is 0. The van der Waals surface area contributed by atoms with Gasteiger partial charge in [-0.1, -0.05) is 5.16 Å². The van der Waals surface area contributed by atoms with Crippen molar-refractivity contribution in [3.63, 3.8) is 0 Å². The molecule has 1 aliphatic rings. The van der Waals surface area contributed by atoms with Gasteiger partial charge in [-0.05, 0) is 19.8 Å². The maximum atomic E-state index is 12.2. The zero-order valence-corrected chi connectivity index (χ0v) is 13.0. The van der Waals surface area contributed by atoms with E-state index in [4.69, 9.17) is 9.63 Å². The Labute approximate surface area is 132 Å². The third-order valence-electron chi connectivity index (χ3n) is 4.34. The van der Waals surface area contributed by atoms with E-state index in [1.54, 1.807) is 11.5 Å². The lowest BCUT2D eigenvalue weighted by Crippen LogP contribution is -2.44. The number of aromatic nitrogens is 4. The molecular formula is C14H19N5O4. The summed E-state index contributed by atoms with van der Waals surface area (Å²) in [5, 5.41) is 33.0. The molecule has 0 spiro atoms. The van der Waals surface area contributed by atoms with Crippen molar-refractivity contribution in [3.8, 4) is 0 Å². The molecule has 1 saturated carbocycles. The van der Waals surface area contributed by atoms with Crippen LogP contribution in [0.1, 0.15) is 52.2 Å². The molecule has 1 fully saturated rings. The van der Waals surface area contributed by atoms with E-state index < -0.39 is 0 Å². The van der Waals surface area contributed by atoms with Crippen LogP contribution in [-0.4, -0.2) is 42.1 Å². The van der Waals surface area contributed by atoms with Crippen LogP contribution in [0.4, 0.5) is 0 Å². The molecule has 0 bridgehead atoms. The van der Waals surface area contributed by atoms with Gasteiger partial charge in [-0.2, -0.15) is 0 Å². The van der Waals surface area contributed by atoms with Gasteiger partial charge < -0.3 is 24.6 Å². The second kappa shape index (κ2) is 6.09. The van der Waals surface area contributed by atoms with Gasteiger partial charge in [0.25, 0.3) is 5.91 Å². The van der Waals surface area contributed by atoms with E-state index in [9.17, 15) is 9.90 Å². The van der Waals surface area contributed by atoms with Crippen molar-refractivity contribution in [3.05, 3.63) is 28.7 Å². The third kappa shape index (κ3) is 2.73. The average Bonchev–Trinajstić information content (AvgIpc) is 3.05. The Morgan fingerprint density at radius 3 is 2.70 bits per heavy atom. The SMILES string of the molecule is Cc1onc(C(=O)NC2CC(c3nnc(CO)n3C)C2)c1CO. The first-order chi connectivity index (χ1) is 11.0. The Bertz CT molecular complexity index is 717. The fraction of sp³-hybridized carbons (Fsp3) is 0.571. The number of hydrogen-bond donors (Lipinski definition) is 3. The summed E-state index contributed by atoms with van der Waals surface area (Å²) in [5.41, 5.74) is 0.550. The lowest BCUT2D eigenvalue weighted by molar-refractivity contribution is 0.0895. The summed E-state index contributed by atoms with van der Waals surface area (Å²) in [4.78, 5) is 12.2. The molecule has 9 heteroatoms. The second-order valence-electron chi connectivity index (χ2n) is 5.75. The Balaban J connectivity index is 1.59. The Kier molecular flexibility index (Phi) is 4.14. The molecule has 1 aliphatic carbocycles. The van der Waals surface area contributed by atoms with Crippen LogP contribution in [0.3, 0.4) is 0 Å². The summed E-state index contributed by atoms with van der Waals surface area (Å²) in [6.07, 6.45) is 1.49. The van der Waals surface area contributed by atoms with Crippen LogP contribution in [0.5, 0.6) is 0 Å². The Morgan fingerprint density at radius 2 is 2.09 bits per heavy atom. The van der Waals surface area contributed by atoms with E-state index in [2.05, 4.69) is 20.7 Å². The molecule has 3 rings (SSSR count). The Hall–Kier alpha value is -2.26. The van der Waals surface area contributed by atoms with Crippen LogP contribution in [0, 0.1) is 6.92 Å². The van der Waals surface area contributed by atoms with Crippen LogP contribution in [-0.2, 0) is 20.3 Å². The first kappa shape index (κ1) is 15.6. The predicted molar refractivity (Wildman–Crippen MR) is 77.3 cm³/mol. The maximum absolute atomic E-state index is 12.2. The molecule has 0 radical (unpaired) electrons. The van der Waals surface area contributed by atoms with E-state index in [0.29, 0.717) is 17.1 Å². The Morgan fingerprint density at radius 1 is 1.35 bits per heavy atom. The predicted octanol–water partition coefficient (Wildman–Crippen LogP) is -0.228. The zero-order chi connectivity index (χ0) is 16.6. The molecule has 3 N–H and O–H groups in total. The van der Waals surface area contributed by atoms with E-state index in [-0.39, 0.29) is 36.8 Å². The highest BCUT2D eigenvalue weighted by Crippen LogP contribution is 2.36. The van der Waals surface area contributed by atoms with Gasteiger partial charge >= 0.3 is 0 Å². The molecule has 0 aromatic carbocycles. The largest absolute Gasteiger partial charge is 0.391 e. The van der Waals surface area contributed by atoms with Gasteiger partial charge in [0.15, 0.2) is 11.5 Å². The molecule has 2 aromatic rings. The van der Waals surface area contributed by atoms with Crippen molar-refractivity contribution in [2.75, 3.05) is 0 Å². The summed E-state index contributed by atoms with van der Waals surface area (Å²) in [6.45, 7) is 1.22.